The summed E-state index contributed by atoms with van der Waals surface area (Å²) in [6.45, 7) is 11.5. The number of amides is 4. The maximum absolute atomic E-state index is 14.0. The van der Waals surface area contributed by atoms with Crippen LogP contribution in [0, 0.1) is 23.7 Å². The molecule has 378 valence electrons. The Labute approximate surface area is 425 Å². The van der Waals surface area contributed by atoms with Gasteiger partial charge in [-0.3, -0.25) is 24.1 Å². The van der Waals surface area contributed by atoms with E-state index < -0.39 is 70.1 Å². The SMILES string of the molecule is Cc1ncsc1-c1ccc(CNC(=O)[C@@H]2C[C@@H](O)CN2C(=O)C(NC(=O)COCCCOCc2ccc(-c3ccc(N4C(=S)N(c5ccc(C#N)c(C(F)(F)F)c5)C(=O)C4(C)C)cc3)cc2)C(C)(C)C)cc1. The van der Waals surface area contributed by atoms with E-state index in [1.54, 1.807) is 53.8 Å². The number of aromatic nitrogens is 1. The van der Waals surface area contributed by atoms with Gasteiger partial charge in [-0.05, 0) is 103 Å². The van der Waals surface area contributed by atoms with E-state index in [0.29, 0.717) is 25.3 Å². The second kappa shape index (κ2) is 22.1. The first kappa shape index (κ1) is 53.2. The number of thiocarbonyl (C=S) groups is 1. The average Bonchev–Trinajstić information content (AvgIpc) is 4.01. The highest BCUT2D eigenvalue weighted by Gasteiger charge is 2.51. The van der Waals surface area contributed by atoms with Gasteiger partial charge in [0.2, 0.25) is 17.7 Å². The number of thiazole rings is 1. The third-order valence-corrected chi connectivity index (χ3v) is 13.9. The van der Waals surface area contributed by atoms with Gasteiger partial charge in [0.25, 0.3) is 5.91 Å². The van der Waals surface area contributed by atoms with E-state index in [0.717, 1.165) is 55.4 Å². The van der Waals surface area contributed by atoms with Crippen molar-refractivity contribution in [1.82, 2.24) is 20.5 Å². The van der Waals surface area contributed by atoms with Crippen LogP contribution >= 0.6 is 23.6 Å². The molecule has 4 aromatic carbocycles. The van der Waals surface area contributed by atoms with Crippen LogP contribution in [-0.4, -0.2) is 93.8 Å². The molecule has 0 bridgehead atoms. The monoisotopic (exact) mass is 1020 g/mol. The number of anilines is 2. The zero-order valence-electron chi connectivity index (χ0n) is 40.7. The smallest absolute Gasteiger partial charge is 0.391 e. The van der Waals surface area contributed by atoms with E-state index >= 15 is 0 Å². The summed E-state index contributed by atoms with van der Waals surface area (Å²) in [5, 5.41) is 25.5. The molecule has 7 rings (SSSR count). The van der Waals surface area contributed by atoms with E-state index in [1.807, 2.05) is 88.4 Å². The number of aryl methyl sites for hydroxylation is 1. The molecule has 2 saturated heterocycles. The Morgan fingerprint density at radius 3 is 2.15 bits per heavy atom. The molecule has 3 atom stereocenters. The average molecular weight is 1020 g/mol. The van der Waals surface area contributed by atoms with Crippen LogP contribution in [0.1, 0.15) is 75.4 Å². The third-order valence-electron chi connectivity index (χ3n) is 12.6. The van der Waals surface area contributed by atoms with Gasteiger partial charge >= 0.3 is 6.18 Å². The van der Waals surface area contributed by atoms with Crippen LogP contribution < -0.4 is 20.4 Å². The van der Waals surface area contributed by atoms with Gasteiger partial charge in [0.05, 0.1) is 51.7 Å². The maximum atomic E-state index is 14.0. The maximum Gasteiger partial charge on any atom is 0.417 e. The molecule has 19 heteroatoms. The van der Waals surface area contributed by atoms with Crippen LogP contribution in [0.2, 0.25) is 0 Å². The second-order valence-corrected chi connectivity index (χ2v) is 20.5. The highest BCUT2D eigenvalue weighted by molar-refractivity contribution is 7.81. The molecule has 2 aliphatic heterocycles. The minimum absolute atomic E-state index is 0.00560. The number of likely N-dealkylation sites (tertiary alicyclic amines) is 1. The number of nitriles is 1. The van der Waals surface area contributed by atoms with Gasteiger partial charge in [0.1, 0.15) is 24.2 Å². The molecule has 5 aromatic rings. The Hall–Kier alpha value is -6.56. The Kier molecular flexibility index (Phi) is 16.3. The molecule has 0 aliphatic carbocycles. The lowest BCUT2D eigenvalue weighted by Gasteiger charge is -2.35. The fraction of sp³-hybridized carbons (Fsp3) is 0.377. The van der Waals surface area contributed by atoms with Crippen molar-refractivity contribution in [1.29, 1.82) is 5.26 Å². The molecule has 3 N–H and O–H groups in total. The number of aliphatic hydroxyl groups is 1. The van der Waals surface area contributed by atoms with Crippen molar-refractivity contribution in [2.24, 2.45) is 5.41 Å². The Morgan fingerprint density at radius 1 is 0.931 bits per heavy atom. The minimum atomic E-state index is -4.80. The summed E-state index contributed by atoms with van der Waals surface area (Å²) in [4.78, 5) is 63.6. The van der Waals surface area contributed by atoms with E-state index in [-0.39, 0.29) is 43.5 Å². The molecule has 2 fully saturated rings. The molecular formula is C53H56F3N7O7S2. The molecular weight excluding hydrogens is 968 g/mol. The number of hydrogen-bond acceptors (Lipinski definition) is 11. The van der Waals surface area contributed by atoms with Crippen LogP contribution in [0.25, 0.3) is 21.6 Å². The number of nitrogens with zero attached hydrogens (tertiary/aromatic N) is 5. The standard InChI is InChI=1S/C53H56F3N7O7S2/c1-32-45(72-31-59-32)37-14-8-33(9-15-37)27-58-47(66)43-25-41(64)28-61(43)48(67)46(51(2,3)4)60-44(65)30-70-23-7-22-69-29-34-10-12-35(13-11-34)36-16-19-39(20-17-36)63-50(71)62(49(68)52(63,5)6)40-21-18-38(26-57)42(24-40)53(54,55)56/h8-21,24,31,41,43,46,64H,7,22-23,25,27-30H2,1-6H3,(H,58,66)(H,60,65)/t41-,43+,46?/m1/s1. The minimum Gasteiger partial charge on any atom is -0.391 e. The van der Waals surface area contributed by atoms with Crippen molar-refractivity contribution in [3.05, 3.63) is 124 Å². The van der Waals surface area contributed by atoms with Crippen molar-refractivity contribution in [2.45, 2.75) is 97.4 Å². The number of benzene rings is 4. The van der Waals surface area contributed by atoms with Gasteiger partial charge in [-0.15, -0.1) is 11.3 Å². The number of nitrogens with one attached hydrogen (secondary N) is 2. The molecule has 14 nitrogen and oxygen atoms in total. The third kappa shape index (κ3) is 12.0. The topological polar surface area (TPSA) is 177 Å². The Morgan fingerprint density at radius 2 is 1.54 bits per heavy atom. The molecule has 0 saturated carbocycles. The molecule has 0 spiro atoms. The zero-order valence-corrected chi connectivity index (χ0v) is 42.3. The number of rotatable bonds is 17. The van der Waals surface area contributed by atoms with Gasteiger partial charge in [0.15, 0.2) is 5.11 Å². The lowest BCUT2D eigenvalue weighted by molar-refractivity contribution is -0.144. The zero-order chi connectivity index (χ0) is 52.1. The first-order valence-corrected chi connectivity index (χ1v) is 24.6. The molecule has 4 amide bonds. The van der Waals surface area contributed by atoms with Crippen LogP contribution in [0.15, 0.2) is 96.5 Å². The second-order valence-electron chi connectivity index (χ2n) is 19.3. The number of ether oxygens (including phenoxy) is 2. The van der Waals surface area contributed by atoms with Crippen molar-refractivity contribution >= 4 is 63.7 Å². The number of β-amino-alcohol motifs (C(OH)–C–C–N with tert-alkyl or cyclic N) is 1. The summed E-state index contributed by atoms with van der Waals surface area (Å²) in [6, 6.07) is 25.6. The summed E-state index contributed by atoms with van der Waals surface area (Å²) in [7, 11) is 0. The molecule has 1 aromatic heterocycles. The van der Waals surface area contributed by atoms with E-state index in [2.05, 4.69) is 15.6 Å². The van der Waals surface area contributed by atoms with E-state index in [9.17, 15) is 42.7 Å². The van der Waals surface area contributed by atoms with Crippen LogP contribution in [-0.2, 0) is 48.0 Å². The van der Waals surface area contributed by atoms with E-state index in [1.165, 1.54) is 11.0 Å². The van der Waals surface area contributed by atoms with E-state index in [4.69, 9.17) is 21.7 Å². The van der Waals surface area contributed by atoms with Gasteiger partial charge in [0, 0.05) is 38.4 Å². The van der Waals surface area contributed by atoms with Crippen LogP contribution in [0.5, 0.6) is 0 Å². The summed E-state index contributed by atoms with van der Waals surface area (Å²) < 4.78 is 52.8. The number of carbonyl (C=O) groups is 4. The normalized spacial score (nSPS) is 17.3. The van der Waals surface area contributed by atoms with Crippen LogP contribution in [0.4, 0.5) is 24.5 Å². The molecule has 3 heterocycles. The Bertz CT molecular complexity index is 2840. The largest absolute Gasteiger partial charge is 0.417 e. The molecule has 1 unspecified atom stereocenters. The Balaban J connectivity index is 0.841. The lowest BCUT2D eigenvalue weighted by atomic mass is 9.85. The number of hydrogen-bond donors (Lipinski definition) is 3. The predicted octanol–water partition coefficient (Wildman–Crippen LogP) is 8.33. The summed E-state index contributed by atoms with van der Waals surface area (Å²) in [5.74, 6) is -1.86. The molecule has 72 heavy (non-hydrogen) atoms. The van der Waals surface area contributed by atoms with Gasteiger partial charge in [-0.25, -0.2) is 4.98 Å². The highest BCUT2D eigenvalue weighted by atomic mass is 32.1. The number of halogens is 3. The quantitative estimate of drug-likeness (QED) is 0.0603. The van der Waals surface area contributed by atoms with Gasteiger partial charge < -0.3 is 35.0 Å². The highest BCUT2D eigenvalue weighted by Crippen LogP contribution is 2.40. The molecule has 2 aliphatic rings. The summed E-state index contributed by atoms with van der Waals surface area (Å²) in [5.41, 5.74) is 4.19. The van der Waals surface area contributed by atoms with Gasteiger partial charge in [-0.2, -0.15) is 18.4 Å². The van der Waals surface area contributed by atoms with Crippen molar-refractivity contribution in [3.8, 4) is 27.6 Å². The van der Waals surface area contributed by atoms with Crippen molar-refractivity contribution in [3.63, 3.8) is 0 Å². The fourth-order valence-corrected chi connectivity index (χ4v) is 9.99. The first-order chi connectivity index (χ1) is 34.1. The fourth-order valence-electron chi connectivity index (χ4n) is 8.66. The van der Waals surface area contributed by atoms with Crippen molar-refractivity contribution in [2.75, 3.05) is 36.2 Å². The summed E-state index contributed by atoms with van der Waals surface area (Å²) in [6.07, 6.45) is -5.12. The molecule has 0 radical (unpaired) electrons. The predicted molar refractivity (Wildman–Crippen MR) is 271 cm³/mol. The first-order valence-electron chi connectivity index (χ1n) is 23.3. The van der Waals surface area contributed by atoms with Gasteiger partial charge in [-0.1, -0.05) is 81.4 Å². The lowest BCUT2D eigenvalue weighted by Crippen LogP contribution is -2.58. The summed E-state index contributed by atoms with van der Waals surface area (Å²) >= 11 is 7.23. The van der Waals surface area contributed by atoms with Crippen molar-refractivity contribution < 1.29 is 46.9 Å². The number of alkyl halides is 3. The number of carbonyl (C=O) groups excluding carboxylic acids is 4. The number of aliphatic hydroxyl groups excluding tert-OH is 1. The van der Waals surface area contributed by atoms with Crippen LogP contribution in [0.3, 0.4) is 0 Å².